The second-order valence-electron chi connectivity index (χ2n) is 4.33. The zero-order valence-corrected chi connectivity index (χ0v) is 11.5. The maximum atomic E-state index is 11.7. The van der Waals surface area contributed by atoms with E-state index in [1.54, 1.807) is 18.7 Å². The molecule has 1 rings (SSSR count). The molecule has 1 amide bonds. The Morgan fingerprint density at radius 1 is 1.21 bits per heavy atom. The van der Waals surface area contributed by atoms with E-state index in [0.717, 1.165) is 6.42 Å². The second kappa shape index (κ2) is 7.76. The Hall–Kier alpha value is -1.59. The quantitative estimate of drug-likeness (QED) is 0.504. The van der Waals surface area contributed by atoms with E-state index < -0.39 is 17.9 Å². The lowest BCUT2D eigenvalue weighted by molar-refractivity contribution is -0.162. The van der Waals surface area contributed by atoms with Crippen LogP contribution in [0.2, 0.25) is 0 Å². The summed E-state index contributed by atoms with van der Waals surface area (Å²) in [5, 5.41) is 0. The number of ether oxygens (including phenoxy) is 2. The molecule has 1 heterocycles. The van der Waals surface area contributed by atoms with Gasteiger partial charge in [-0.15, -0.1) is 0 Å². The Labute approximate surface area is 113 Å². The van der Waals surface area contributed by atoms with Crippen molar-refractivity contribution in [2.45, 2.75) is 33.1 Å². The number of likely N-dealkylation sites (tertiary alicyclic amines) is 1. The third-order valence-electron chi connectivity index (χ3n) is 3.00. The van der Waals surface area contributed by atoms with Gasteiger partial charge in [-0.05, 0) is 26.7 Å². The van der Waals surface area contributed by atoms with Crippen LogP contribution < -0.4 is 0 Å². The predicted octanol–water partition coefficient (Wildman–Crippen LogP) is 0.741. The Kier molecular flexibility index (Phi) is 6.32. The highest BCUT2D eigenvalue weighted by molar-refractivity contribution is 5.95. The summed E-state index contributed by atoms with van der Waals surface area (Å²) in [4.78, 5) is 36.6. The lowest BCUT2D eigenvalue weighted by Gasteiger charge is -2.19. The third-order valence-corrected chi connectivity index (χ3v) is 3.00. The number of hydrogen-bond acceptors (Lipinski definition) is 5. The van der Waals surface area contributed by atoms with Crippen LogP contribution in [0.15, 0.2) is 0 Å². The molecule has 0 atom stereocenters. The van der Waals surface area contributed by atoms with E-state index in [1.165, 1.54) is 0 Å². The number of carbonyl (C=O) groups excluding carboxylic acids is 3. The SMILES string of the molecule is CCOC(=O)C(CCN1CCCC1=O)C(=O)OCC. The molecule has 1 fully saturated rings. The minimum atomic E-state index is -0.937. The smallest absolute Gasteiger partial charge is 0.320 e. The molecule has 0 N–H and O–H groups in total. The van der Waals surface area contributed by atoms with Crippen molar-refractivity contribution in [3.63, 3.8) is 0 Å². The van der Waals surface area contributed by atoms with Gasteiger partial charge in [0, 0.05) is 19.5 Å². The molecule has 0 aromatic heterocycles. The van der Waals surface area contributed by atoms with Crippen LogP contribution in [-0.4, -0.2) is 49.0 Å². The average molecular weight is 271 g/mol. The Morgan fingerprint density at radius 2 is 1.79 bits per heavy atom. The lowest BCUT2D eigenvalue weighted by atomic mass is 10.1. The summed E-state index contributed by atoms with van der Waals surface area (Å²) in [6.07, 6.45) is 1.63. The first-order valence-corrected chi connectivity index (χ1v) is 6.71. The number of rotatable bonds is 7. The van der Waals surface area contributed by atoms with Crippen LogP contribution in [0.25, 0.3) is 0 Å². The molecular formula is C13H21NO5. The summed E-state index contributed by atoms with van der Waals surface area (Å²) in [6.45, 7) is 4.89. The maximum Gasteiger partial charge on any atom is 0.320 e. The topological polar surface area (TPSA) is 72.9 Å². The summed E-state index contributed by atoms with van der Waals surface area (Å²) in [5.74, 6) is -2.01. The zero-order valence-electron chi connectivity index (χ0n) is 11.5. The Bertz CT molecular complexity index is 324. The number of amides is 1. The molecule has 0 bridgehead atoms. The van der Waals surface area contributed by atoms with E-state index in [-0.39, 0.29) is 25.5 Å². The second-order valence-corrected chi connectivity index (χ2v) is 4.33. The van der Waals surface area contributed by atoms with Gasteiger partial charge in [-0.3, -0.25) is 14.4 Å². The standard InChI is InChI=1S/C13H21NO5/c1-3-18-12(16)10(13(17)19-4-2)7-9-14-8-5-6-11(14)15/h10H,3-9H2,1-2H3. The molecule has 0 aromatic rings. The molecule has 19 heavy (non-hydrogen) atoms. The number of carbonyl (C=O) groups is 3. The predicted molar refractivity (Wildman–Crippen MR) is 67.2 cm³/mol. The summed E-state index contributed by atoms with van der Waals surface area (Å²) >= 11 is 0. The third kappa shape index (κ3) is 4.54. The number of hydrogen-bond donors (Lipinski definition) is 0. The van der Waals surface area contributed by atoms with Gasteiger partial charge >= 0.3 is 11.9 Å². The summed E-state index contributed by atoms with van der Waals surface area (Å²) in [6, 6.07) is 0. The van der Waals surface area contributed by atoms with Gasteiger partial charge in [0.1, 0.15) is 0 Å². The van der Waals surface area contributed by atoms with Crippen molar-refractivity contribution in [1.29, 1.82) is 0 Å². The highest BCUT2D eigenvalue weighted by Crippen LogP contribution is 2.15. The van der Waals surface area contributed by atoms with Gasteiger partial charge in [0.05, 0.1) is 13.2 Å². The summed E-state index contributed by atoms with van der Waals surface area (Å²) in [5.41, 5.74) is 0. The molecule has 0 unspecified atom stereocenters. The highest BCUT2D eigenvalue weighted by atomic mass is 16.6. The van der Waals surface area contributed by atoms with Crippen molar-refractivity contribution >= 4 is 17.8 Å². The van der Waals surface area contributed by atoms with Crippen molar-refractivity contribution < 1.29 is 23.9 Å². The summed E-state index contributed by atoms with van der Waals surface area (Å²) in [7, 11) is 0. The monoisotopic (exact) mass is 271 g/mol. The average Bonchev–Trinajstić information content (AvgIpc) is 2.76. The van der Waals surface area contributed by atoms with E-state index in [4.69, 9.17) is 9.47 Å². The van der Waals surface area contributed by atoms with E-state index in [1.807, 2.05) is 0 Å². The van der Waals surface area contributed by atoms with E-state index in [9.17, 15) is 14.4 Å². The fraction of sp³-hybridized carbons (Fsp3) is 0.769. The highest BCUT2D eigenvalue weighted by Gasteiger charge is 2.31. The summed E-state index contributed by atoms with van der Waals surface area (Å²) < 4.78 is 9.74. The lowest BCUT2D eigenvalue weighted by Crippen LogP contribution is -2.33. The van der Waals surface area contributed by atoms with E-state index in [2.05, 4.69) is 0 Å². The van der Waals surface area contributed by atoms with Gasteiger partial charge < -0.3 is 14.4 Å². The molecule has 0 saturated carbocycles. The Balaban J connectivity index is 2.55. The molecule has 0 aliphatic carbocycles. The van der Waals surface area contributed by atoms with Gasteiger partial charge in [0.15, 0.2) is 5.92 Å². The molecule has 108 valence electrons. The molecule has 1 aliphatic rings. The van der Waals surface area contributed by atoms with Gasteiger partial charge in [0.25, 0.3) is 0 Å². The largest absolute Gasteiger partial charge is 0.465 e. The molecular weight excluding hydrogens is 250 g/mol. The molecule has 6 heteroatoms. The molecule has 0 aromatic carbocycles. The fourth-order valence-electron chi connectivity index (χ4n) is 2.04. The van der Waals surface area contributed by atoms with Crippen LogP contribution in [0.1, 0.15) is 33.1 Å². The molecule has 6 nitrogen and oxygen atoms in total. The molecule has 0 radical (unpaired) electrons. The van der Waals surface area contributed by atoms with Crippen LogP contribution in [0.4, 0.5) is 0 Å². The van der Waals surface area contributed by atoms with Gasteiger partial charge in [-0.25, -0.2) is 0 Å². The van der Waals surface area contributed by atoms with Crippen LogP contribution in [0, 0.1) is 5.92 Å². The minimum absolute atomic E-state index is 0.0754. The molecule has 1 saturated heterocycles. The molecule has 0 spiro atoms. The van der Waals surface area contributed by atoms with Crippen molar-refractivity contribution in [3.8, 4) is 0 Å². The fourth-order valence-corrected chi connectivity index (χ4v) is 2.04. The first kappa shape index (κ1) is 15.5. The first-order chi connectivity index (χ1) is 9.10. The van der Waals surface area contributed by atoms with E-state index in [0.29, 0.717) is 19.5 Å². The van der Waals surface area contributed by atoms with Crippen molar-refractivity contribution in [3.05, 3.63) is 0 Å². The van der Waals surface area contributed by atoms with Gasteiger partial charge in [-0.1, -0.05) is 0 Å². The van der Waals surface area contributed by atoms with Crippen LogP contribution in [0.3, 0.4) is 0 Å². The number of nitrogens with zero attached hydrogens (tertiary/aromatic N) is 1. The first-order valence-electron chi connectivity index (χ1n) is 6.71. The van der Waals surface area contributed by atoms with Crippen LogP contribution in [-0.2, 0) is 23.9 Å². The molecule has 1 aliphatic heterocycles. The zero-order chi connectivity index (χ0) is 14.3. The normalized spacial score (nSPS) is 14.9. The van der Waals surface area contributed by atoms with Crippen molar-refractivity contribution in [2.24, 2.45) is 5.92 Å². The van der Waals surface area contributed by atoms with Crippen LogP contribution in [0.5, 0.6) is 0 Å². The van der Waals surface area contributed by atoms with Gasteiger partial charge in [-0.2, -0.15) is 0 Å². The van der Waals surface area contributed by atoms with Crippen molar-refractivity contribution in [1.82, 2.24) is 4.90 Å². The number of esters is 2. The van der Waals surface area contributed by atoms with Crippen LogP contribution >= 0.6 is 0 Å². The van der Waals surface area contributed by atoms with E-state index >= 15 is 0 Å². The Morgan fingerprint density at radius 3 is 2.21 bits per heavy atom. The van der Waals surface area contributed by atoms with Crippen molar-refractivity contribution in [2.75, 3.05) is 26.3 Å². The van der Waals surface area contributed by atoms with Gasteiger partial charge in [0.2, 0.25) is 5.91 Å². The minimum Gasteiger partial charge on any atom is -0.465 e. The maximum absolute atomic E-state index is 11.7.